The number of benzene rings is 1. The molecule has 0 aliphatic rings. The highest BCUT2D eigenvalue weighted by Gasteiger charge is 2.06. The molecular weight excluding hydrogens is 244 g/mol. The number of aryl methyl sites for hydroxylation is 1. The molecule has 0 saturated heterocycles. The van der Waals surface area contributed by atoms with Crippen LogP contribution in [0.25, 0.3) is 10.2 Å². The van der Waals surface area contributed by atoms with E-state index in [9.17, 15) is 4.79 Å². The highest BCUT2D eigenvalue weighted by Crippen LogP contribution is 2.14. The molecule has 0 atom stereocenters. The summed E-state index contributed by atoms with van der Waals surface area (Å²) in [5, 5.41) is 2.60. The van der Waals surface area contributed by atoms with Crippen LogP contribution < -0.4 is 5.56 Å². The van der Waals surface area contributed by atoms with Gasteiger partial charge >= 0.3 is 0 Å². The van der Waals surface area contributed by atoms with Gasteiger partial charge in [-0.2, -0.15) is 0 Å². The first-order valence-electron chi connectivity index (χ1n) is 5.73. The maximum Gasteiger partial charge on any atom is 0.262 e. The Labute approximate surface area is 108 Å². The molecule has 0 fully saturated rings. The van der Waals surface area contributed by atoms with Gasteiger partial charge < -0.3 is 0 Å². The lowest BCUT2D eigenvalue weighted by Gasteiger charge is -2.07. The van der Waals surface area contributed by atoms with Crippen molar-refractivity contribution in [2.75, 3.05) is 0 Å². The number of aromatic nitrogens is 2. The summed E-state index contributed by atoms with van der Waals surface area (Å²) in [6.07, 6.45) is 1.63. The maximum absolute atomic E-state index is 12.2. The van der Waals surface area contributed by atoms with E-state index < -0.39 is 0 Å². The Hall–Kier alpha value is -1.94. The fourth-order valence-electron chi connectivity index (χ4n) is 1.98. The minimum Gasteiger partial charge on any atom is -0.294 e. The van der Waals surface area contributed by atoms with E-state index in [4.69, 9.17) is 0 Å². The minimum atomic E-state index is 0.0319. The summed E-state index contributed by atoms with van der Waals surface area (Å²) in [7, 11) is 0. The van der Waals surface area contributed by atoms with E-state index in [-0.39, 0.29) is 5.56 Å². The van der Waals surface area contributed by atoms with Crippen LogP contribution in [0.5, 0.6) is 0 Å². The molecule has 0 aliphatic carbocycles. The molecule has 1 aromatic carbocycles. The van der Waals surface area contributed by atoms with Crippen molar-refractivity contribution in [3.05, 3.63) is 63.5 Å². The predicted molar refractivity (Wildman–Crippen MR) is 74.2 cm³/mol. The topological polar surface area (TPSA) is 34.9 Å². The zero-order valence-electron chi connectivity index (χ0n) is 9.96. The van der Waals surface area contributed by atoms with Crippen LogP contribution in [0.15, 0.2) is 46.8 Å². The van der Waals surface area contributed by atoms with Crippen LogP contribution >= 0.6 is 11.3 Å². The number of fused-ring (bicyclic) bond motifs is 1. The van der Waals surface area contributed by atoms with Gasteiger partial charge in [0.2, 0.25) is 0 Å². The van der Waals surface area contributed by atoms with E-state index in [2.05, 4.69) is 18.0 Å². The first-order valence-corrected chi connectivity index (χ1v) is 6.61. The lowest BCUT2D eigenvalue weighted by Crippen LogP contribution is -2.20. The molecular formula is C14H12N2OS. The van der Waals surface area contributed by atoms with Gasteiger partial charge in [0, 0.05) is 0 Å². The standard InChI is InChI=1S/C14H12N2OS/c1-10-4-2-3-5-11(10)8-16-9-15-13-12(14(16)17)6-7-18-13/h2-7,9H,8H2,1H3. The van der Waals surface area contributed by atoms with Gasteiger partial charge in [0.1, 0.15) is 4.83 Å². The Morgan fingerprint density at radius 3 is 2.94 bits per heavy atom. The summed E-state index contributed by atoms with van der Waals surface area (Å²) in [5.41, 5.74) is 2.37. The molecule has 2 heterocycles. The van der Waals surface area contributed by atoms with Gasteiger partial charge in [-0.1, -0.05) is 24.3 Å². The highest BCUT2D eigenvalue weighted by atomic mass is 32.1. The number of nitrogens with zero attached hydrogens (tertiary/aromatic N) is 2. The van der Waals surface area contributed by atoms with Crippen molar-refractivity contribution in [2.24, 2.45) is 0 Å². The molecule has 0 amide bonds. The average molecular weight is 256 g/mol. The lowest BCUT2D eigenvalue weighted by molar-refractivity contribution is 0.745. The smallest absolute Gasteiger partial charge is 0.262 e. The molecule has 3 nitrogen and oxygen atoms in total. The van der Waals surface area contributed by atoms with Crippen molar-refractivity contribution in [3.8, 4) is 0 Å². The minimum absolute atomic E-state index is 0.0319. The Bertz CT molecular complexity index is 758. The first-order chi connectivity index (χ1) is 8.75. The SMILES string of the molecule is Cc1ccccc1Cn1cnc2sccc2c1=O. The average Bonchev–Trinajstić information content (AvgIpc) is 2.84. The van der Waals surface area contributed by atoms with Gasteiger partial charge in [0.25, 0.3) is 5.56 Å². The second kappa shape index (κ2) is 4.38. The van der Waals surface area contributed by atoms with Crippen molar-refractivity contribution in [3.63, 3.8) is 0 Å². The fraction of sp³-hybridized carbons (Fsp3) is 0.143. The normalized spacial score (nSPS) is 10.9. The van der Waals surface area contributed by atoms with Gasteiger partial charge in [-0.25, -0.2) is 4.98 Å². The van der Waals surface area contributed by atoms with E-state index in [1.165, 1.54) is 16.9 Å². The van der Waals surface area contributed by atoms with Crippen LogP contribution in [0.4, 0.5) is 0 Å². The Morgan fingerprint density at radius 2 is 2.11 bits per heavy atom. The molecule has 0 bridgehead atoms. The van der Waals surface area contributed by atoms with Crippen LogP contribution in [0, 0.1) is 6.92 Å². The van der Waals surface area contributed by atoms with E-state index in [0.29, 0.717) is 11.9 Å². The van der Waals surface area contributed by atoms with Crippen molar-refractivity contribution >= 4 is 21.6 Å². The summed E-state index contributed by atoms with van der Waals surface area (Å²) >= 11 is 1.50. The van der Waals surface area contributed by atoms with E-state index >= 15 is 0 Å². The summed E-state index contributed by atoms with van der Waals surface area (Å²) in [4.78, 5) is 17.4. The third kappa shape index (κ3) is 1.84. The zero-order chi connectivity index (χ0) is 12.5. The highest BCUT2D eigenvalue weighted by molar-refractivity contribution is 7.16. The molecule has 0 radical (unpaired) electrons. The lowest BCUT2D eigenvalue weighted by atomic mass is 10.1. The number of rotatable bonds is 2. The molecule has 0 aliphatic heterocycles. The number of thiophene rings is 1. The molecule has 0 saturated carbocycles. The van der Waals surface area contributed by atoms with Gasteiger partial charge in [-0.15, -0.1) is 11.3 Å². The van der Waals surface area contributed by atoms with Crippen LogP contribution in [0.2, 0.25) is 0 Å². The van der Waals surface area contributed by atoms with Gasteiger partial charge in [0.15, 0.2) is 0 Å². The molecule has 3 aromatic rings. The van der Waals surface area contributed by atoms with Crippen LogP contribution in [0.1, 0.15) is 11.1 Å². The molecule has 0 N–H and O–H groups in total. The molecule has 3 rings (SSSR count). The fourth-order valence-corrected chi connectivity index (χ4v) is 2.70. The monoisotopic (exact) mass is 256 g/mol. The van der Waals surface area contributed by atoms with E-state index in [1.807, 2.05) is 29.6 Å². The van der Waals surface area contributed by atoms with Gasteiger partial charge in [0.05, 0.1) is 18.3 Å². The third-order valence-electron chi connectivity index (χ3n) is 3.05. The third-order valence-corrected chi connectivity index (χ3v) is 3.87. The quantitative estimate of drug-likeness (QED) is 0.706. The van der Waals surface area contributed by atoms with Gasteiger partial charge in [-0.05, 0) is 29.5 Å². The summed E-state index contributed by atoms with van der Waals surface area (Å²) < 4.78 is 1.66. The number of hydrogen-bond acceptors (Lipinski definition) is 3. The van der Waals surface area contributed by atoms with Crippen molar-refractivity contribution in [2.45, 2.75) is 13.5 Å². The van der Waals surface area contributed by atoms with E-state index in [1.54, 1.807) is 10.9 Å². The molecule has 2 aromatic heterocycles. The molecule has 18 heavy (non-hydrogen) atoms. The second-order valence-corrected chi connectivity index (χ2v) is 5.14. The van der Waals surface area contributed by atoms with Crippen LogP contribution in [0.3, 0.4) is 0 Å². The summed E-state index contributed by atoms with van der Waals surface area (Å²) in [5.74, 6) is 0. The summed E-state index contributed by atoms with van der Waals surface area (Å²) in [6, 6.07) is 9.92. The second-order valence-electron chi connectivity index (χ2n) is 4.24. The molecule has 0 unspecified atom stereocenters. The predicted octanol–water partition coefficient (Wildman–Crippen LogP) is 2.81. The first kappa shape index (κ1) is 11.2. The molecule has 4 heteroatoms. The van der Waals surface area contributed by atoms with Crippen molar-refractivity contribution in [1.82, 2.24) is 9.55 Å². The van der Waals surface area contributed by atoms with Gasteiger partial charge in [-0.3, -0.25) is 9.36 Å². The Morgan fingerprint density at radius 1 is 1.28 bits per heavy atom. The van der Waals surface area contributed by atoms with Crippen molar-refractivity contribution in [1.29, 1.82) is 0 Å². The van der Waals surface area contributed by atoms with Crippen molar-refractivity contribution < 1.29 is 0 Å². The zero-order valence-corrected chi connectivity index (χ0v) is 10.8. The Balaban J connectivity index is 2.08. The summed E-state index contributed by atoms with van der Waals surface area (Å²) in [6.45, 7) is 2.63. The molecule has 0 spiro atoms. The van der Waals surface area contributed by atoms with Crippen LogP contribution in [-0.2, 0) is 6.54 Å². The van der Waals surface area contributed by atoms with Crippen LogP contribution in [-0.4, -0.2) is 9.55 Å². The number of hydrogen-bond donors (Lipinski definition) is 0. The Kier molecular flexibility index (Phi) is 2.72. The van der Waals surface area contributed by atoms with E-state index in [0.717, 1.165) is 10.4 Å². The largest absolute Gasteiger partial charge is 0.294 e. The molecule has 90 valence electrons. The maximum atomic E-state index is 12.2.